The highest BCUT2D eigenvalue weighted by Crippen LogP contribution is 2.24. The smallest absolute Gasteiger partial charge is 0.250 e. The van der Waals surface area contributed by atoms with Gasteiger partial charge in [0.15, 0.2) is 5.82 Å². The second-order valence-electron chi connectivity index (χ2n) is 4.19. The number of aryl methyl sites for hydroxylation is 3. The van der Waals surface area contributed by atoms with Crippen LogP contribution in [0.4, 0.5) is 0 Å². The summed E-state index contributed by atoms with van der Waals surface area (Å²) in [5.74, 6) is 0.973. The number of sulfonamides is 1. The van der Waals surface area contributed by atoms with Crippen molar-refractivity contribution in [3.63, 3.8) is 0 Å². The van der Waals surface area contributed by atoms with Gasteiger partial charge in [-0.25, -0.2) is 13.1 Å². The summed E-state index contributed by atoms with van der Waals surface area (Å²) in [4.78, 5) is 5.02. The van der Waals surface area contributed by atoms with Crippen molar-refractivity contribution in [3.05, 3.63) is 28.2 Å². The normalized spacial score (nSPS) is 11.9. The summed E-state index contributed by atoms with van der Waals surface area (Å²) in [5.41, 5.74) is 0.984. The monoisotopic (exact) mass is 301 g/mol. The van der Waals surface area contributed by atoms with Gasteiger partial charge < -0.3 is 4.52 Å². The van der Waals surface area contributed by atoms with Crippen molar-refractivity contribution in [1.82, 2.24) is 14.9 Å². The minimum Gasteiger partial charge on any atom is -0.339 e. The Hall–Kier alpha value is -1.25. The Balaban J connectivity index is 1.98. The van der Waals surface area contributed by atoms with E-state index >= 15 is 0 Å². The molecular formula is C11H15N3O3S2. The van der Waals surface area contributed by atoms with Gasteiger partial charge in [0, 0.05) is 17.8 Å². The van der Waals surface area contributed by atoms with Crippen molar-refractivity contribution >= 4 is 21.4 Å². The molecule has 0 aliphatic heterocycles. The molecule has 0 saturated carbocycles. The van der Waals surface area contributed by atoms with Gasteiger partial charge in [-0.1, -0.05) is 5.16 Å². The number of nitrogens with zero attached hydrogens (tertiary/aromatic N) is 2. The highest BCUT2D eigenvalue weighted by atomic mass is 32.2. The zero-order chi connectivity index (χ0) is 14.0. The van der Waals surface area contributed by atoms with Crippen molar-refractivity contribution < 1.29 is 12.9 Å². The molecule has 2 rings (SSSR count). The molecule has 0 aromatic carbocycles. The topological polar surface area (TPSA) is 85.1 Å². The third-order valence-electron chi connectivity index (χ3n) is 2.61. The number of nitrogens with one attached hydrogen (secondary N) is 1. The standard InChI is InChI=1S/C11H15N3O3S2/c1-7-6-11(18-8(7)2)19(15,16)12-5-4-10-13-9(3)14-17-10/h6,12H,4-5H2,1-3H3. The fourth-order valence-corrected chi connectivity index (χ4v) is 4.07. The van der Waals surface area contributed by atoms with E-state index in [1.807, 2.05) is 13.8 Å². The first-order valence-corrected chi connectivity index (χ1v) is 8.04. The lowest BCUT2D eigenvalue weighted by Crippen LogP contribution is -2.25. The summed E-state index contributed by atoms with van der Waals surface area (Å²) in [6.45, 7) is 5.75. The number of hydrogen-bond donors (Lipinski definition) is 1. The molecule has 6 nitrogen and oxygen atoms in total. The largest absolute Gasteiger partial charge is 0.339 e. The Morgan fingerprint density at radius 1 is 1.37 bits per heavy atom. The molecule has 0 saturated heterocycles. The van der Waals surface area contributed by atoms with E-state index in [9.17, 15) is 8.42 Å². The van der Waals surface area contributed by atoms with E-state index in [-0.39, 0.29) is 6.54 Å². The Morgan fingerprint density at radius 2 is 2.11 bits per heavy atom. The van der Waals surface area contributed by atoms with Crippen molar-refractivity contribution in [2.75, 3.05) is 6.54 Å². The molecule has 2 aromatic rings. The number of hydrogen-bond acceptors (Lipinski definition) is 6. The highest BCUT2D eigenvalue weighted by Gasteiger charge is 2.17. The van der Waals surface area contributed by atoms with Crippen LogP contribution in [-0.2, 0) is 16.4 Å². The van der Waals surface area contributed by atoms with Gasteiger partial charge in [-0.2, -0.15) is 4.98 Å². The Bertz CT molecular complexity index is 654. The quantitative estimate of drug-likeness (QED) is 0.906. The molecule has 104 valence electrons. The van der Waals surface area contributed by atoms with Crippen LogP contribution >= 0.6 is 11.3 Å². The molecule has 0 aliphatic rings. The second kappa shape index (κ2) is 5.40. The summed E-state index contributed by atoms with van der Waals surface area (Å²) in [7, 11) is -3.45. The Labute approximate surface area is 115 Å². The molecule has 0 amide bonds. The van der Waals surface area contributed by atoms with Gasteiger partial charge in [-0.15, -0.1) is 11.3 Å². The van der Waals surface area contributed by atoms with Crippen LogP contribution in [0.2, 0.25) is 0 Å². The minimum atomic E-state index is -3.45. The van der Waals surface area contributed by atoms with Crippen LogP contribution in [0.1, 0.15) is 22.2 Å². The van der Waals surface area contributed by atoms with Crippen LogP contribution in [0.3, 0.4) is 0 Å². The maximum atomic E-state index is 12.0. The third-order valence-corrected chi connectivity index (χ3v) is 5.70. The van der Waals surface area contributed by atoms with Gasteiger partial charge in [-0.05, 0) is 32.4 Å². The molecule has 0 bridgehead atoms. The number of thiophene rings is 1. The van der Waals surface area contributed by atoms with Gasteiger partial charge >= 0.3 is 0 Å². The SMILES string of the molecule is Cc1noc(CCNS(=O)(=O)c2cc(C)c(C)s2)n1. The van der Waals surface area contributed by atoms with E-state index in [2.05, 4.69) is 14.9 Å². The predicted molar refractivity (Wildman–Crippen MR) is 71.7 cm³/mol. The van der Waals surface area contributed by atoms with Crippen molar-refractivity contribution in [3.8, 4) is 0 Å². The number of rotatable bonds is 5. The van der Waals surface area contributed by atoms with Gasteiger partial charge in [0.1, 0.15) is 4.21 Å². The first-order chi connectivity index (χ1) is 8.88. The molecule has 2 aromatic heterocycles. The van der Waals surface area contributed by atoms with Crippen LogP contribution in [0, 0.1) is 20.8 Å². The fraction of sp³-hybridized carbons (Fsp3) is 0.455. The number of aromatic nitrogens is 2. The summed E-state index contributed by atoms with van der Waals surface area (Å²) in [6.07, 6.45) is 0.378. The van der Waals surface area contributed by atoms with Crippen LogP contribution < -0.4 is 4.72 Å². The zero-order valence-corrected chi connectivity index (χ0v) is 12.6. The summed E-state index contributed by atoms with van der Waals surface area (Å²) < 4.78 is 31.8. The molecule has 19 heavy (non-hydrogen) atoms. The van der Waals surface area contributed by atoms with Gasteiger partial charge in [0.2, 0.25) is 15.9 Å². The molecule has 0 unspecified atom stereocenters. The molecule has 2 heterocycles. The van der Waals surface area contributed by atoms with Crippen molar-refractivity contribution in [2.24, 2.45) is 0 Å². The molecule has 0 fully saturated rings. The Kier molecular flexibility index (Phi) is 4.02. The maximum absolute atomic E-state index is 12.0. The van der Waals surface area contributed by atoms with Gasteiger partial charge in [0.25, 0.3) is 0 Å². The molecule has 0 radical (unpaired) electrons. The average Bonchev–Trinajstić information content (AvgIpc) is 2.87. The van der Waals surface area contributed by atoms with Crippen LogP contribution in [0.5, 0.6) is 0 Å². The molecule has 0 aliphatic carbocycles. The van der Waals surface area contributed by atoms with E-state index in [0.717, 1.165) is 10.4 Å². The lowest BCUT2D eigenvalue weighted by molar-refractivity contribution is 0.375. The minimum absolute atomic E-state index is 0.236. The van der Waals surface area contributed by atoms with E-state index in [1.54, 1.807) is 13.0 Å². The third kappa shape index (κ3) is 3.40. The summed E-state index contributed by atoms with van der Waals surface area (Å²) in [5, 5.41) is 3.64. The van der Waals surface area contributed by atoms with Crippen LogP contribution in [-0.4, -0.2) is 25.1 Å². The molecule has 0 spiro atoms. The predicted octanol–water partition coefficient (Wildman–Crippen LogP) is 1.58. The van der Waals surface area contributed by atoms with Crippen LogP contribution in [0.25, 0.3) is 0 Å². The van der Waals surface area contributed by atoms with E-state index < -0.39 is 10.0 Å². The fourth-order valence-electron chi connectivity index (χ4n) is 1.48. The first-order valence-electron chi connectivity index (χ1n) is 5.74. The second-order valence-corrected chi connectivity index (χ2v) is 7.44. The lowest BCUT2D eigenvalue weighted by atomic mass is 10.3. The zero-order valence-electron chi connectivity index (χ0n) is 10.9. The van der Waals surface area contributed by atoms with Crippen molar-refractivity contribution in [2.45, 2.75) is 31.4 Å². The molecule has 1 N–H and O–H groups in total. The molecule has 8 heteroatoms. The first kappa shape index (κ1) is 14.2. The highest BCUT2D eigenvalue weighted by molar-refractivity contribution is 7.91. The summed E-state index contributed by atoms with van der Waals surface area (Å²) >= 11 is 1.27. The summed E-state index contributed by atoms with van der Waals surface area (Å²) in [6, 6.07) is 1.68. The van der Waals surface area contributed by atoms with Crippen molar-refractivity contribution in [1.29, 1.82) is 0 Å². The average molecular weight is 301 g/mol. The van der Waals surface area contributed by atoms with E-state index in [0.29, 0.717) is 22.3 Å². The van der Waals surface area contributed by atoms with Gasteiger partial charge in [-0.3, -0.25) is 0 Å². The van der Waals surface area contributed by atoms with E-state index in [4.69, 9.17) is 4.52 Å². The maximum Gasteiger partial charge on any atom is 0.250 e. The van der Waals surface area contributed by atoms with Crippen LogP contribution in [0.15, 0.2) is 14.8 Å². The molecule has 0 atom stereocenters. The lowest BCUT2D eigenvalue weighted by Gasteiger charge is -2.02. The Morgan fingerprint density at radius 3 is 2.63 bits per heavy atom. The molecular weight excluding hydrogens is 286 g/mol. The van der Waals surface area contributed by atoms with Gasteiger partial charge in [0.05, 0.1) is 0 Å². The van der Waals surface area contributed by atoms with E-state index in [1.165, 1.54) is 11.3 Å².